The first kappa shape index (κ1) is 35.2. The summed E-state index contributed by atoms with van der Waals surface area (Å²) in [6, 6.07) is 7.44. The predicted molar refractivity (Wildman–Crippen MR) is 171 cm³/mol. The number of likely N-dealkylation sites (tertiary alicyclic amines) is 1. The molecule has 2 saturated carbocycles. The van der Waals surface area contributed by atoms with Crippen molar-refractivity contribution in [3.8, 4) is 0 Å². The largest absolute Gasteiger partial charge is 0.466 e. The molecular formula is C35H49N3O8. The highest BCUT2D eigenvalue weighted by Gasteiger charge is 2.81. The lowest BCUT2D eigenvalue weighted by molar-refractivity contribution is -0.145. The second kappa shape index (κ2) is 15.3. The molecule has 252 valence electrons. The smallest absolute Gasteiger partial charge is 0.408 e. The van der Waals surface area contributed by atoms with Crippen molar-refractivity contribution in [2.24, 2.45) is 17.3 Å². The summed E-state index contributed by atoms with van der Waals surface area (Å²) in [5.74, 6) is -1.45. The number of hydrogen-bond donors (Lipinski definition) is 2. The van der Waals surface area contributed by atoms with Crippen molar-refractivity contribution < 1.29 is 38.1 Å². The fourth-order valence-corrected chi connectivity index (χ4v) is 6.52. The number of alkyl carbamates (subject to hydrolysis) is 1. The van der Waals surface area contributed by atoms with Crippen LogP contribution in [0.15, 0.2) is 55.6 Å². The number of nitrogens with one attached hydrogen (secondary N) is 2. The van der Waals surface area contributed by atoms with Crippen LogP contribution in [0, 0.1) is 17.3 Å². The number of esters is 1. The molecule has 1 aromatic carbocycles. The van der Waals surface area contributed by atoms with E-state index in [1.54, 1.807) is 33.8 Å². The third-order valence-electron chi connectivity index (χ3n) is 8.79. The lowest BCUT2D eigenvalue weighted by Gasteiger charge is -2.29. The van der Waals surface area contributed by atoms with Gasteiger partial charge in [0, 0.05) is 31.0 Å². The quantitative estimate of drug-likeness (QED) is 0.158. The topological polar surface area (TPSA) is 132 Å². The Morgan fingerprint density at radius 1 is 1.15 bits per heavy atom. The molecule has 3 aliphatic rings. The van der Waals surface area contributed by atoms with Gasteiger partial charge in [0.15, 0.2) is 0 Å². The standard InChI is InChI=1S/C35H49N3O8/c1-7-17-43-18-13-16-26(36-33(42)46-34(4,5)6)31(40)38-21-25(45-22-23-14-11-10-12-15-23)19-27(38)30(39)37-29-28(32(41)44-9-3)35(29)20-24(35)8-2/h7-8,10-12,14-15,24-29H,1-2,9,13,16-22H2,3-6H3,(H,36,42)(H,37,39)/t24-,25-,26+,27+,28-,29?,35-/m1/s1. The van der Waals surface area contributed by atoms with Gasteiger partial charge in [-0.1, -0.05) is 42.5 Å². The van der Waals surface area contributed by atoms with Crippen LogP contribution in [0.1, 0.15) is 58.9 Å². The number of hydrogen-bond acceptors (Lipinski definition) is 8. The molecule has 0 radical (unpaired) electrons. The van der Waals surface area contributed by atoms with Crippen molar-refractivity contribution in [2.45, 2.75) is 89.8 Å². The molecule has 1 spiro atoms. The van der Waals surface area contributed by atoms with Crippen molar-refractivity contribution in [3.05, 3.63) is 61.2 Å². The summed E-state index contributed by atoms with van der Waals surface area (Å²) in [4.78, 5) is 55.2. The molecule has 3 amide bonds. The number of nitrogens with zero attached hydrogens (tertiary/aromatic N) is 1. The van der Waals surface area contributed by atoms with Crippen LogP contribution in [0.4, 0.5) is 4.79 Å². The van der Waals surface area contributed by atoms with Crippen LogP contribution in [0.2, 0.25) is 0 Å². The van der Waals surface area contributed by atoms with E-state index in [4.69, 9.17) is 18.9 Å². The number of rotatable bonds is 16. The minimum absolute atomic E-state index is 0.112. The normalized spacial score (nSPS) is 27.0. The number of ether oxygens (including phenoxy) is 4. The van der Waals surface area contributed by atoms with Gasteiger partial charge in [0.2, 0.25) is 11.8 Å². The summed E-state index contributed by atoms with van der Waals surface area (Å²) in [5, 5.41) is 5.81. The maximum atomic E-state index is 14.2. The monoisotopic (exact) mass is 639 g/mol. The van der Waals surface area contributed by atoms with Gasteiger partial charge in [-0.15, -0.1) is 13.2 Å². The summed E-state index contributed by atoms with van der Waals surface area (Å²) >= 11 is 0. The summed E-state index contributed by atoms with van der Waals surface area (Å²) in [5.41, 5.74) is -0.176. The minimum atomic E-state index is -0.960. The van der Waals surface area contributed by atoms with Gasteiger partial charge in [-0.05, 0) is 58.4 Å². The fourth-order valence-electron chi connectivity index (χ4n) is 6.52. The Morgan fingerprint density at radius 2 is 1.89 bits per heavy atom. The Balaban J connectivity index is 1.52. The molecule has 1 saturated heterocycles. The van der Waals surface area contributed by atoms with E-state index in [9.17, 15) is 19.2 Å². The highest BCUT2D eigenvalue weighted by molar-refractivity contribution is 5.93. The van der Waals surface area contributed by atoms with Gasteiger partial charge >= 0.3 is 12.1 Å². The maximum Gasteiger partial charge on any atom is 0.408 e. The lowest BCUT2D eigenvalue weighted by Crippen LogP contribution is -2.54. The average Bonchev–Trinajstić information content (AvgIpc) is 3.82. The van der Waals surface area contributed by atoms with E-state index in [2.05, 4.69) is 23.8 Å². The summed E-state index contributed by atoms with van der Waals surface area (Å²) in [7, 11) is 0. The van der Waals surface area contributed by atoms with E-state index in [0.29, 0.717) is 26.2 Å². The fraction of sp³-hybridized carbons (Fsp3) is 0.600. The Bertz CT molecular complexity index is 1260. The maximum absolute atomic E-state index is 14.2. The highest BCUT2D eigenvalue weighted by Crippen LogP contribution is 2.75. The van der Waals surface area contributed by atoms with Crippen LogP contribution in [0.25, 0.3) is 0 Å². The van der Waals surface area contributed by atoms with Crippen molar-refractivity contribution in [1.29, 1.82) is 0 Å². The Labute approximate surface area is 272 Å². The first-order chi connectivity index (χ1) is 21.9. The number of carbonyl (C=O) groups is 4. The molecular weight excluding hydrogens is 590 g/mol. The van der Waals surface area contributed by atoms with Gasteiger partial charge in [0.25, 0.3) is 0 Å². The lowest BCUT2D eigenvalue weighted by atomic mass is 10.1. The molecule has 3 fully saturated rings. The van der Waals surface area contributed by atoms with E-state index in [1.807, 2.05) is 36.4 Å². The first-order valence-electron chi connectivity index (χ1n) is 16.2. The van der Waals surface area contributed by atoms with Gasteiger partial charge in [-0.2, -0.15) is 0 Å². The zero-order valence-corrected chi connectivity index (χ0v) is 27.5. The summed E-state index contributed by atoms with van der Waals surface area (Å²) < 4.78 is 22.5. The van der Waals surface area contributed by atoms with E-state index >= 15 is 0 Å². The second-order valence-electron chi connectivity index (χ2n) is 13.2. The molecule has 11 nitrogen and oxygen atoms in total. The van der Waals surface area contributed by atoms with Crippen LogP contribution in [-0.4, -0.2) is 85.0 Å². The molecule has 2 aliphatic carbocycles. The SMILES string of the molecule is C=CCOCCC[C@H](NC(=O)OC(C)(C)C)C(=O)N1C[C@H](OCc2ccccc2)C[C@H]1C(=O)NC1[C@H](C(=O)OCC)[C@]12C[C@H]2C=C. The number of carbonyl (C=O) groups excluding carboxylic acids is 4. The van der Waals surface area contributed by atoms with Crippen molar-refractivity contribution in [3.63, 3.8) is 0 Å². The molecule has 11 heteroatoms. The molecule has 1 aliphatic heterocycles. The number of amides is 3. The Hall–Kier alpha value is -3.70. The summed E-state index contributed by atoms with van der Waals surface area (Å²) in [6.07, 6.45) is 4.08. The van der Waals surface area contributed by atoms with Crippen LogP contribution in [0.3, 0.4) is 0 Å². The molecule has 4 rings (SSSR count). The minimum Gasteiger partial charge on any atom is -0.466 e. The Kier molecular flexibility index (Phi) is 11.7. The zero-order valence-electron chi connectivity index (χ0n) is 27.5. The van der Waals surface area contributed by atoms with Crippen LogP contribution in [0.5, 0.6) is 0 Å². The van der Waals surface area contributed by atoms with Crippen LogP contribution >= 0.6 is 0 Å². The van der Waals surface area contributed by atoms with E-state index < -0.39 is 47.7 Å². The van der Waals surface area contributed by atoms with Gasteiger partial charge < -0.3 is 34.5 Å². The van der Waals surface area contributed by atoms with E-state index in [-0.39, 0.29) is 49.2 Å². The van der Waals surface area contributed by atoms with Gasteiger partial charge in [0.1, 0.15) is 17.7 Å². The molecule has 1 heterocycles. The number of benzene rings is 1. The Morgan fingerprint density at radius 3 is 2.52 bits per heavy atom. The van der Waals surface area contributed by atoms with E-state index in [0.717, 1.165) is 12.0 Å². The average molecular weight is 640 g/mol. The van der Waals surface area contributed by atoms with Crippen molar-refractivity contribution >= 4 is 23.9 Å². The van der Waals surface area contributed by atoms with Gasteiger partial charge in [-0.3, -0.25) is 14.4 Å². The molecule has 1 aromatic rings. The van der Waals surface area contributed by atoms with Crippen molar-refractivity contribution in [1.82, 2.24) is 15.5 Å². The molecule has 46 heavy (non-hydrogen) atoms. The molecule has 2 N–H and O–H groups in total. The highest BCUT2D eigenvalue weighted by atomic mass is 16.6. The van der Waals surface area contributed by atoms with Crippen LogP contribution in [-0.2, 0) is 39.9 Å². The summed E-state index contributed by atoms with van der Waals surface area (Å²) in [6.45, 7) is 16.0. The van der Waals surface area contributed by atoms with Crippen LogP contribution < -0.4 is 10.6 Å². The number of allylic oxidation sites excluding steroid dienone is 1. The van der Waals surface area contributed by atoms with Gasteiger partial charge in [0.05, 0.1) is 31.8 Å². The van der Waals surface area contributed by atoms with Gasteiger partial charge in [-0.25, -0.2) is 4.79 Å². The third-order valence-corrected chi connectivity index (χ3v) is 8.79. The molecule has 1 unspecified atom stereocenters. The third kappa shape index (κ3) is 8.55. The van der Waals surface area contributed by atoms with E-state index in [1.165, 1.54) is 4.90 Å². The molecule has 0 aromatic heterocycles. The second-order valence-corrected chi connectivity index (χ2v) is 13.2. The molecule has 7 atom stereocenters. The first-order valence-corrected chi connectivity index (χ1v) is 16.2. The predicted octanol–water partition coefficient (Wildman–Crippen LogP) is 3.92. The zero-order chi connectivity index (χ0) is 33.5. The molecule has 0 bridgehead atoms. The van der Waals surface area contributed by atoms with Crippen molar-refractivity contribution in [2.75, 3.05) is 26.4 Å².